The third kappa shape index (κ3) is 10.1. The first-order valence-electron chi connectivity index (χ1n) is 6.89. The van der Waals surface area contributed by atoms with E-state index in [-0.39, 0.29) is 18.3 Å². The van der Waals surface area contributed by atoms with Crippen LogP contribution in [0.4, 0.5) is 0 Å². The van der Waals surface area contributed by atoms with Crippen LogP contribution in [0.2, 0.25) is 0 Å². The summed E-state index contributed by atoms with van der Waals surface area (Å²) in [6, 6.07) is 0. The molecular formula is C13H27ClN2O3. The molecular weight excluding hydrogens is 268 g/mol. The molecule has 1 saturated heterocycles. The highest BCUT2D eigenvalue weighted by atomic mass is 35.5. The van der Waals surface area contributed by atoms with E-state index in [4.69, 9.17) is 9.47 Å². The van der Waals surface area contributed by atoms with Gasteiger partial charge in [-0.2, -0.15) is 0 Å². The lowest BCUT2D eigenvalue weighted by Gasteiger charge is -2.09. The summed E-state index contributed by atoms with van der Waals surface area (Å²) in [5.41, 5.74) is 0. The van der Waals surface area contributed by atoms with Crippen molar-refractivity contribution in [2.45, 2.75) is 25.7 Å². The molecule has 1 aliphatic heterocycles. The summed E-state index contributed by atoms with van der Waals surface area (Å²) < 4.78 is 10.8. The van der Waals surface area contributed by atoms with Crippen molar-refractivity contribution in [2.24, 2.45) is 5.92 Å². The summed E-state index contributed by atoms with van der Waals surface area (Å²) >= 11 is 0. The first-order chi connectivity index (χ1) is 8.83. The highest BCUT2D eigenvalue weighted by molar-refractivity contribution is 5.85. The van der Waals surface area contributed by atoms with Crippen LogP contribution in [0.1, 0.15) is 25.7 Å². The van der Waals surface area contributed by atoms with Gasteiger partial charge in [-0.15, -0.1) is 12.4 Å². The molecule has 1 heterocycles. The molecule has 0 saturated carbocycles. The van der Waals surface area contributed by atoms with Crippen LogP contribution in [-0.2, 0) is 14.3 Å². The first-order valence-corrected chi connectivity index (χ1v) is 6.89. The quantitative estimate of drug-likeness (QED) is 0.590. The van der Waals surface area contributed by atoms with Crippen molar-refractivity contribution in [3.8, 4) is 0 Å². The molecule has 1 unspecified atom stereocenters. The molecule has 1 rings (SSSR count). The van der Waals surface area contributed by atoms with Gasteiger partial charge in [-0.05, 0) is 32.9 Å². The Balaban J connectivity index is 0.00000324. The Morgan fingerprint density at radius 3 is 2.89 bits per heavy atom. The first kappa shape index (κ1) is 18.6. The van der Waals surface area contributed by atoms with Crippen LogP contribution in [0.3, 0.4) is 0 Å². The van der Waals surface area contributed by atoms with Crippen LogP contribution in [0.5, 0.6) is 0 Å². The highest BCUT2D eigenvalue weighted by Gasteiger charge is 2.15. The minimum absolute atomic E-state index is 0. The highest BCUT2D eigenvalue weighted by Crippen LogP contribution is 2.12. The number of ether oxygens (including phenoxy) is 2. The number of hydrogen-bond acceptors (Lipinski definition) is 4. The minimum Gasteiger partial charge on any atom is -0.381 e. The summed E-state index contributed by atoms with van der Waals surface area (Å²) in [7, 11) is 1.89. The van der Waals surface area contributed by atoms with Gasteiger partial charge in [0.2, 0.25) is 5.91 Å². The zero-order valence-electron chi connectivity index (χ0n) is 11.8. The van der Waals surface area contributed by atoms with Gasteiger partial charge in [-0.1, -0.05) is 0 Å². The van der Waals surface area contributed by atoms with Gasteiger partial charge in [0.15, 0.2) is 0 Å². The molecule has 0 aromatic heterocycles. The fraction of sp³-hybridized carbons (Fsp3) is 0.923. The Labute approximate surface area is 122 Å². The average molecular weight is 295 g/mol. The third-order valence-corrected chi connectivity index (χ3v) is 3.00. The summed E-state index contributed by atoms with van der Waals surface area (Å²) in [5, 5.41) is 5.92. The van der Waals surface area contributed by atoms with Gasteiger partial charge in [0, 0.05) is 32.1 Å². The molecule has 0 spiro atoms. The van der Waals surface area contributed by atoms with Crippen LogP contribution in [-0.4, -0.2) is 52.5 Å². The molecule has 1 amide bonds. The second-order valence-electron chi connectivity index (χ2n) is 4.72. The minimum atomic E-state index is 0. The predicted molar refractivity (Wildman–Crippen MR) is 77.8 cm³/mol. The smallest absolute Gasteiger partial charge is 0.220 e. The summed E-state index contributed by atoms with van der Waals surface area (Å²) in [6.45, 7) is 4.81. The lowest BCUT2D eigenvalue weighted by molar-refractivity contribution is -0.121. The maximum Gasteiger partial charge on any atom is 0.220 e. The molecule has 114 valence electrons. The number of carbonyl (C=O) groups excluding carboxylic acids is 1. The van der Waals surface area contributed by atoms with Gasteiger partial charge < -0.3 is 20.1 Å². The second-order valence-corrected chi connectivity index (χ2v) is 4.72. The van der Waals surface area contributed by atoms with Crippen LogP contribution < -0.4 is 10.6 Å². The molecule has 0 aromatic rings. The van der Waals surface area contributed by atoms with Gasteiger partial charge >= 0.3 is 0 Å². The monoisotopic (exact) mass is 294 g/mol. The molecule has 1 fully saturated rings. The summed E-state index contributed by atoms with van der Waals surface area (Å²) in [5.74, 6) is 0.704. The van der Waals surface area contributed by atoms with E-state index in [0.29, 0.717) is 25.5 Å². The Kier molecular flexibility index (Phi) is 12.4. The van der Waals surface area contributed by atoms with E-state index in [1.165, 1.54) is 0 Å². The molecule has 19 heavy (non-hydrogen) atoms. The molecule has 1 atom stereocenters. The van der Waals surface area contributed by atoms with Crippen molar-refractivity contribution in [1.82, 2.24) is 10.6 Å². The normalized spacial score (nSPS) is 18.1. The molecule has 2 N–H and O–H groups in total. The van der Waals surface area contributed by atoms with Crippen molar-refractivity contribution in [2.75, 3.05) is 46.6 Å². The van der Waals surface area contributed by atoms with E-state index >= 15 is 0 Å². The molecule has 0 radical (unpaired) electrons. The number of hydrogen-bond donors (Lipinski definition) is 2. The number of rotatable bonds is 10. The molecule has 0 aliphatic carbocycles. The lowest BCUT2D eigenvalue weighted by Crippen LogP contribution is -2.26. The third-order valence-electron chi connectivity index (χ3n) is 3.00. The number of halogens is 1. The molecule has 0 aromatic carbocycles. The van der Waals surface area contributed by atoms with Gasteiger partial charge in [0.1, 0.15) is 0 Å². The van der Waals surface area contributed by atoms with E-state index in [9.17, 15) is 4.79 Å². The van der Waals surface area contributed by atoms with E-state index in [0.717, 1.165) is 45.6 Å². The van der Waals surface area contributed by atoms with Crippen LogP contribution in [0.25, 0.3) is 0 Å². The molecule has 1 aliphatic rings. The van der Waals surface area contributed by atoms with Crippen LogP contribution >= 0.6 is 12.4 Å². The molecule has 5 nitrogen and oxygen atoms in total. The lowest BCUT2D eigenvalue weighted by atomic mass is 10.1. The SMILES string of the molecule is CNCCCC(=O)NCCCOCC1CCOC1.Cl. The maximum absolute atomic E-state index is 11.4. The Hall–Kier alpha value is -0.360. The predicted octanol–water partition coefficient (Wildman–Crippen LogP) is 0.967. The summed E-state index contributed by atoms with van der Waals surface area (Å²) in [6.07, 6.45) is 3.48. The van der Waals surface area contributed by atoms with Crippen molar-refractivity contribution in [1.29, 1.82) is 0 Å². The topological polar surface area (TPSA) is 59.6 Å². The van der Waals surface area contributed by atoms with E-state index in [1.807, 2.05) is 7.05 Å². The van der Waals surface area contributed by atoms with Crippen molar-refractivity contribution < 1.29 is 14.3 Å². The van der Waals surface area contributed by atoms with Gasteiger partial charge in [-0.25, -0.2) is 0 Å². The summed E-state index contributed by atoms with van der Waals surface area (Å²) in [4.78, 5) is 11.4. The Bertz CT molecular complexity index is 224. The van der Waals surface area contributed by atoms with Gasteiger partial charge in [-0.3, -0.25) is 4.79 Å². The Morgan fingerprint density at radius 1 is 1.37 bits per heavy atom. The fourth-order valence-electron chi connectivity index (χ4n) is 1.88. The van der Waals surface area contributed by atoms with Crippen LogP contribution in [0.15, 0.2) is 0 Å². The Morgan fingerprint density at radius 2 is 2.21 bits per heavy atom. The number of nitrogens with one attached hydrogen (secondary N) is 2. The average Bonchev–Trinajstić information content (AvgIpc) is 2.87. The van der Waals surface area contributed by atoms with Crippen molar-refractivity contribution >= 4 is 18.3 Å². The van der Waals surface area contributed by atoms with Gasteiger partial charge in [0.05, 0.1) is 13.2 Å². The van der Waals surface area contributed by atoms with E-state index in [1.54, 1.807) is 0 Å². The van der Waals surface area contributed by atoms with Crippen molar-refractivity contribution in [3.63, 3.8) is 0 Å². The number of amides is 1. The van der Waals surface area contributed by atoms with E-state index in [2.05, 4.69) is 10.6 Å². The fourth-order valence-corrected chi connectivity index (χ4v) is 1.88. The molecule has 6 heteroatoms. The zero-order chi connectivity index (χ0) is 13.1. The van der Waals surface area contributed by atoms with Crippen LogP contribution in [0, 0.1) is 5.92 Å². The number of carbonyl (C=O) groups is 1. The standard InChI is InChI=1S/C13H26N2O3.ClH/c1-14-6-2-4-13(16)15-7-3-8-17-10-12-5-9-18-11-12;/h12,14H,2-11H2,1H3,(H,15,16);1H. The van der Waals surface area contributed by atoms with E-state index < -0.39 is 0 Å². The molecule has 0 bridgehead atoms. The maximum atomic E-state index is 11.4. The van der Waals surface area contributed by atoms with Gasteiger partial charge in [0.25, 0.3) is 0 Å². The van der Waals surface area contributed by atoms with Crippen molar-refractivity contribution in [3.05, 3.63) is 0 Å². The zero-order valence-corrected chi connectivity index (χ0v) is 12.6. The largest absolute Gasteiger partial charge is 0.381 e. The second kappa shape index (κ2) is 12.7.